The van der Waals surface area contributed by atoms with Gasteiger partial charge in [0.05, 0.1) is 30.3 Å². The minimum Gasteiger partial charge on any atom is -0.480 e. The fraction of sp³-hybridized carbons (Fsp3) is 0.667. The summed E-state index contributed by atoms with van der Waals surface area (Å²) in [6.07, 6.45) is 4.38. The third kappa shape index (κ3) is 2.80. The van der Waals surface area contributed by atoms with E-state index in [9.17, 15) is 13.2 Å². The summed E-state index contributed by atoms with van der Waals surface area (Å²) in [7, 11) is -0.212. The molecule has 8 heteroatoms. The minimum absolute atomic E-state index is 0.126. The summed E-state index contributed by atoms with van der Waals surface area (Å²) in [5.74, 6) is -0.295. The van der Waals surface area contributed by atoms with Gasteiger partial charge in [0.2, 0.25) is 5.88 Å². The van der Waals surface area contributed by atoms with Crippen LogP contribution in [0.4, 0.5) is 0 Å². The van der Waals surface area contributed by atoms with E-state index >= 15 is 0 Å². The summed E-state index contributed by atoms with van der Waals surface area (Å²) in [6.45, 7) is 0. The molecule has 0 aromatic carbocycles. The van der Waals surface area contributed by atoms with E-state index in [1.807, 2.05) is 0 Å². The number of carbonyl (C=O) groups excluding carboxylic acids is 1. The zero-order chi connectivity index (χ0) is 16.6. The van der Waals surface area contributed by atoms with Crippen molar-refractivity contribution in [3.63, 3.8) is 0 Å². The van der Waals surface area contributed by atoms with Gasteiger partial charge in [-0.1, -0.05) is 6.42 Å². The molecule has 3 heterocycles. The van der Waals surface area contributed by atoms with Crippen molar-refractivity contribution >= 4 is 15.6 Å². The molecule has 0 spiro atoms. The van der Waals surface area contributed by atoms with Crippen LogP contribution in [-0.2, 0) is 9.84 Å². The zero-order valence-corrected chi connectivity index (χ0v) is 14.0. The van der Waals surface area contributed by atoms with Crippen molar-refractivity contribution in [2.75, 3.05) is 14.2 Å². The van der Waals surface area contributed by atoms with E-state index in [0.717, 1.165) is 6.42 Å². The van der Waals surface area contributed by atoms with Crippen LogP contribution < -0.4 is 9.47 Å². The van der Waals surface area contributed by atoms with E-state index in [-0.39, 0.29) is 29.2 Å². The van der Waals surface area contributed by atoms with Crippen LogP contribution in [0.1, 0.15) is 42.5 Å². The van der Waals surface area contributed by atoms with Crippen LogP contribution in [0.25, 0.3) is 0 Å². The average Bonchev–Trinajstić information content (AvgIpc) is 2.52. The van der Waals surface area contributed by atoms with Crippen LogP contribution in [0, 0.1) is 5.92 Å². The molecule has 3 rings (SSSR count). The Labute approximate surface area is 135 Å². The molecule has 2 unspecified atom stereocenters. The van der Waals surface area contributed by atoms with Gasteiger partial charge in [-0.05, 0) is 25.7 Å². The van der Waals surface area contributed by atoms with Gasteiger partial charge in [-0.15, -0.1) is 0 Å². The van der Waals surface area contributed by atoms with E-state index in [4.69, 9.17) is 9.47 Å². The second-order valence-corrected chi connectivity index (χ2v) is 8.59. The van der Waals surface area contributed by atoms with Crippen LogP contribution in [0.2, 0.25) is 0 Å². The number of fused-ring (bicyclic) bond motifs is 2. The summed E-state index contributed by atoms with van der Waals surface area (Å²) in [4.78, 5) is 20.8. The molecule has 7 nitrogen and oxygen atoms in total. The minimum atomic E-state index is -3.08. The molecular formula is C15H20N2O5S. The molecule has 126 valence electrons. The molecule has 23 heavy (non-hydrogen) atoms. The van der Waals surface area contributed by atoms with E-state index in [1.54, 1.807) is 0 Å². The molecule has 0 aliphatic carbocycles. The fourth-order valence-corrected chi connectivity index (χ4v) is 6.15. The smallest absolute Gasteiger partial charge is 0.319 e. The van der Waals surface area contributed by atoms with Crippen LogP contribution in [0.3, 0.4) is 0 Å². The molecule has 0 amide bonds. The number of methoxy groups -OCH3 is 2. The molecule has 1 aromatic heterocycles. The molecule has 1 aromatic rings. The number of ether oxygens (including phenoxy) is 2. The van der Waals surface area contributed by atoms with Crippen LogP contribution >= 0.6 is 0 Å². The normalized spacial score (nSPS) is 28.9. The van der Waals surface area contributed by atoms with Gasteiger partial charge in [0.1, 0.15) is 0 Å². The average molecular weight is 340 g/mol. The maximum absolute atomic E-state index is 12.8. The highest BCUT2D eigenvalue weighted by Crippen LogP contribution is 2.41. The lowest BCUT2D eigenvalue weighted by Crippen LogP contribution is -2.45. The molecule has 0 saturated carbocycles. The second-order valence-electron chi connectivity index (χ2n) is 6.08. The lowest BCUT2D eigenvalue weighted by molar-refractivity contribution is 0.0889. The number of Topliss-reactive ketones (excluding diaryl/α,β-unsaturated/α-hetero) is 1. The highest BCUT2D eigenvalue weighted by molar-refractivity contribution is 7.92. The SMILES string of the molecule is COc1ncc(C(=O)C2CC3CCCC(C2)S3(=O)=O)c(OC)n1. The number of hydrogen-bond donors (Lipinski definition) is 0. The Hall–Kier alpha value is -1.70. The lowest BCUT2D eigenvalue weighted by Gasteiger charge is -2.38. The van der Waals surface area contributed by atoms with E-state index in [0.29, 0.717) is 25.7 Å². The van der Waals surface area contributed by atoms with Crippen molar-refractivity contribution in [3.8, 4) is 11.9 Å². The van der Waals surface area contributed by atoms with Crippen LogP contribution in [-0.4, -0.2) is 48.9 Å². The quantitative estimate of drug-likeness (QED) is 0.765. The topological polar surface area (TPSA) is 95.5 Å². The van der Waals surface area contributed by atoms with Crippen molar-refractivity contribution in [3.05, 3.63) is 11.8 Å². The number of carbonyl (C=O) groups is 1. The number of nitrogens with zero attached hydrogens (tertiary/aromatic N) is 2. The van der Waals surface area contributed by atoms with Gasteiger partial charge >= 0.3 is 6.01 Å². The van der Waals surface area contributed by atoms with Gasteiger partial charge in [-0.2, -0.15) is 4.98 Å². The maximum Gasteiger partial charge on any atom is 0.319 e. The number of aromatic nitrogens is 2. The fourth-order valence-electron chi connectivity index (χ4n) is 3.62. The summed E-state index contributed by atoms with van der Waals surface area (Å²) >= 11 is 0. The van der Waals surface area contributed by atoms with Crippen LogP contribution in [0.15, 0.2) is 6.20 Å². The Morgan fingerprint density at radius 2 is 1.83 bits per heavy atom. The van der Waals surface area contributed by atoms with E-state index in [2.05, 4.69) is 9.97 Å². The molecule has 2 bridgehead atoms. The Bertz CT molecular complexity index is 699. The Morgan fingerprint density at radius 3 is 2.39 bits per heavy atom. The Balaban J connectivity index is 1.87. The monoisotopic (exact) mass is 340 g/mol. The number of sulfone groups is 1. The first-order valence-corrected chi connectivity index (χ1v) is 9.30. The van der Waals surface area contributed by atoms with Gasteiger partial charge in [0, 0.05) is 12.1 Å². The highest BCUT2D eigenvalue weighted by Gasteiger charge is 2.46. The van der Waals surface area contributed by atoms with Crippen LogP contribution in [0.5, 0.6) is 11.9 Å². The van der Waals surface area contributed by atoms with Crippen molar-refractivity contribution in [1.29, 1.82) is 0 Å². The van der Waals surface area contributed by atoms with Gasteiger partial charge < -0.3 is 9.47 Å². The van der Waals surface area contributed by atoms with Gasteiger partial charge in [-0.25, -0.2) is 13.4 Å². The highest BCUT2D eigenvalue weighted by atomic mass is 32.2. The lowest BCUT2D eigenvalue weighted by atomic mass is 9.85. The molecule has 0 radical (unpaired) electrons. The largest absolute Gasteiger partial charge is 0.480 e. The summed E-state index contributed by atoms with van der Waals surface area (Å²) < 4.78 is 34.8. The molecule has 2 aliphatic heterocycles. The molecule has 0 N–H and O–H groups in total. The summed E-state index contributed by atoms with van der Waals surface area (Å²) in [6, 6.07) is 0.126. The maximum atomic E-state index is 12.8. The summed E-state index contributed by atoms with van der Waals surface area (Å²) in [5.41, 5.74) is 0.288. The molecule has 2 aliphatic rings. The number of ketones is 1. The molecule has 2 fully saturated rings. The van der Waals surface area contributed by atoms with Gasteiger partial charge in [0.15, 0.2) is 15.6 Å². The first kappa shape index (κ1) is 16.2. The van der Waals surface area contributed by atoms with Crippen molar-refractivity contribution in [1.82, 2.24) is 9.97 Å². The molecule has 2 saturated heterocycles. The second kappa shape index (κ2) is 6.07. The zero-order valence-electron chi connectivity index (χ0n) is 13.2. The number of hydrogen-bond acceptors (Lipinski definition) is 7. The molecular weight excluding hydrogens is 320 g/mol. The summed E-state index contributed by atoms with van der Waals surface area (Å²) in [5, 5.41) is -0.789. The first-order chi connectivity index (χ1) is 11.0. The Kier molecular flexibility index (Phi) is 4.27. The first-order valence-electron chi connectivity index (χ1n) is 7.69. The molecule has 2 atom stereocenters. The van der Waals surface area contributed by atoms with Gasteiger partial charge in [-0.3, -0.25) is 4.79 Å². The number of rotatable bonds is 4. The van der Waals surface area contributed by atoms with E-state index in [1.165, 1.54) is 20.4 Å². The predicted octanol–water partition coefficient (Wildman–Crippen LogP) is 1.42. The third-order valence-corrected chi connectivity index (χ3v) is 7.53. The van der Waals surface area contributed by atoms with Crippen molar-refractivity contribution in [2.45, 2.75) is 42.6 Å². The van der Waals surface area contributed by atoms with E-state index < -0.39 is 20.3 Å². The third-order valence-electron chi connectivity index (χ3n) is 4.82. The van der Waals surface area contributed by atoms with Gasteiger partial charge in [0.25, 0.3) is 0 Å². The predicted molar refractivity (Wildman–Crippen MR) is 82.5 cm³/mol. The Morgan fingerprint density at radius 1 is 1.17 bits per heavy atom. The standard InChI is InChI=1S/C15H20N2O5S/c1-21-14-12(8-16-15(17-14)22-2)13(18)9-6-10-4-3-5-11(7-9)23(10,19)20/h8-11H,3-7H2,1-2H3. The van der Waals surface area contributed by atoms with Crippen molar-refractivity contribution in [2.24, 2.45) is 5.92 Å². The van der Waals surface area contributed by atoms with Crippen molar-refractivity contribution < 1.29 is 22.7 Å².